The lowest BCUT2D eigenvalue weighted by molar-refractivity contribution is -0.144. The molecule has 0 atom stereocenters. The summed E-state index contributed by atoms with van der Waals surface area (Å²) in [5, 5.41) is 7.45. The minimum absolute atomic E-state index is 0.0446. The molecular formula is C11H11F3N4O2S. The van der Waals surface area contributed by atoms with Gasteiger partial charge in [0.05, 0.1) is 18.2 Å². The molecule has 6 nitrogen and oxygen atoms in total. The number of carbonyl (C=O) groups is 1. The molecule has 10 heteroatoms. The van der Waals surface area contributed by atoms with Gasteiger partial charge in [0.15, 0.2) is 5.69 Å². The minimum Gasteiger partial charge on any atom is -0.461 e. The van der Waals surface area contributed by atoms with Crippen molar-refractivity contribution >= 4 is 17.3 Å². The number of thiazole rings is 1. The monoisotopic (exact) mass is 320 g/mol. The Bertz CT molecular complexity index is 650. The van der Waals surface area contributed by atoms with Crippen LogP contribution in [0.15, 0.2) is 6.20 Å². The molecule has 0 saturated carbocycles. The summed E-state index contributed by atoms with van der Waals surface area (Å²) in [5.74, 6) is -1.14. The quantitative estimate of drug-likeness (QED) is 0.808. The van der Waals surface area contributed by atoms with Crippen LogP contribution in [0.2, 0.25) is 0 Å². The fraction of sp³-hybridized carbons (Fsp3) is 0.455. The van der Waals surface area contributed by atoms with Crippen LogP contribution in [0, 0.1) is 6.92 Å². The highest BCUT2D eigenvalue weighted by molar-refractivity contribution is 7.11. The Morgan fingerprint density at radius 2 is 2.19 bits per heavy atom. The van der Waals surface area contributed by atoms with Gasteiger partial charge in [-0.1, -0.05) is 5.21 Å². The predicted molar refractivity (Wildman–Crippen MR) is 66.9 cm³/mol. The zero-order chi connectivity index (χ0) is 15.6. The van der Waals surface area contributed by atoms with Crippen LogP contribution < -0.4 is 0 Å². The van der Waals surface area contributed by atoms with Crippen LogP contribution in [0.3, 0.4) is 0 Å². The topological polar surface area (TPSA) is 69.9 Å². The largest absolute Gasteiger partial charge is 0.461 e. The van der Waals surface area contributed by atoms with Gasteiger partial charge < -0.3 is 4.74 Å². The molecule has 0 N–H and O–H groups in total. The van der Waals surface area contributed by atoms with E-state index in [4.69, 9.17) is 0 Å². The Kier molecular flexibility index (Phi) is 4.26. The molecule has 2 heterocycles. The molecule has 2 aromatic rings. The molecule has 21 heavy (non-hydrogen) atoms. The number of aromatic nitrogens is 4. The number of hydrogen-bond donors (Lipinski definition) is 0. The van der Waals surface area contributed by atoms with Crippen LogP contribution >= 0.6 is 11.3 Å². The molecule has 2 rings (SSSR count). The van der Waals surface area contributed by atoms with E-state index in [0.717, 1.165) is 5.01 Å². The molecule has 0 bridgehead atoms. The highest BCUT2D eigenvalue weighted by atomic mass is 32.1. The smallest absolute Gasteiger partial charge is 0.435 e. The first-order valence-corrected chi connectivity index (χ1v) is 6.73. The van der Waals surface area contributed by atoms with Crippen molar-refractivity contribution < 1.29 is 22.7 Å². The van der Waals surface area contributed by atoms with Crippen LogP contribution in [-0.4, -0.2) is 32.6 Å². The zero-order valence-corrected chi connectivity index (χ0v) is 12.0. The highest BCUT2D eigenvalue weighted by Crippen LogP contribution is 2.32. The Hall–Kier alpha value is -1.97. The predicted octanol–water partition coefficient (Wildman–Crippen LogP) is 2.29. The molecule has 0 aliphatic rings. The molecule has 0 aliphatic heterocycles. The first kappa shape index (κ1) is 15.4. The second-order valence-corrected chi connectivity index (χ2v) is 5.33. The Labute approximate surface area is 121 Å². The van der Waals surface area contributed by atoms with Crippen molar-refractivity contribution in [3.63, 3.8) is 0 Å². The average Bonchev–Trinajstić information content (AvgIpc) is 2.96. The molecule has 0 amide bonds. The summed E-state index contributed by atoms with van der Waals surface area (Å²) < 4.78 is 44.6. The zero-order valence-electron chi connectivity index (χ0n) is 11.1. The molecule has 0 saturated heterocycles. The maximum Gasteiger partial charge on any atom is 0.435 e. The molecule has 0 spiro atoms. The number of aryl methyl sites for hydroxylation is 1. The Morgan fingerprint density at radius 3 is 2.71 bits per heavy atom. The normalized spacial score (nSPS) is 11.7. The summed E-state index contributed by atoms with van der Waals surface area (Å²) in [6, 6.07) is 0. The fourth-order valence-corrected chi connectivity index (χ4v) is 2.44. The summed E-state index contributed by atoms with van der Waals surface area (Å²) >= 11 is 1.25. The molecule has 0 unspecified atom stereocenters. The lowest BCUT2D eigenvalue weighted by Crippen LogP contribution is -2.19. The fourth-order valence-electron chi connectivity index (χ4n) is 1.67. The van der Waals surface area contributed by atoms with Gasteiger partial charge in [-0.3, -0.25) is 0 Å². The van der Waals surface area contributed by atoms with Gasteiger partial charge in [-0.2, -0.15) is 13.2 Å². The van der Waals surface area contributed by atoms with Crippen LogP contribution in [0.25, 0.3) is 0 Å². The number of hydrogen-bond acceptors (Lipinski definition) is 6. The molecule has 0 radical (unpaired) electrons. The minimum atomic E-state index is -4.76. The van der Waals surface area contributed by atoms with Crippen LogP contribution in [0.5, 0.6) is 0 Å². The van der Waals surface area contributed by atoms with E-state index in [1.807, 2.05) is 0 Å². The van der Waals surface area contributed by atoms with Gasteiger partial charge in [-0.05, 0) is 13.8 Å². The second kappa shape index (κ2) is 5.80. The number of carbonyl (C=O) groups excluding carboxylic acids is 1. The van der Waals surface area contributed by atoms with Gasteiger partial charge in [0.25, 0.3) is 0 Å². The van der Waals surface area contributed by atoms with Crippen molar-refractivity contribution in [3.8, 4) is 0 Å². The number of alkyl halides is 3. The lowest BCUT2D eigenvalue weighted by atomic mass is 10.3. The van der Waals surface area contributed by atoms with Crippen molar-refractivity contribution in [1.29, 1.82) is 0 Å². The van der Waals surface area contributed by atoms with Crippen molar-refractivity contribution in [2.75, 3.05) is 6.61 Å². The molecule has 0 aromatic carbocycles. The van der Waals surface area contributed by atoms with Gasteiger partial charge in [-0.25, -0.2) is 14.5 Å². The molecule has 2 aromatic heterocycles. The highest BCUT2D eigenvalue weighted by Gasteiger charge is 2.42. The van der Waals surface area contributed by atoms with E-state index in [9.17, 15) is 18.0 Å². The van der Waals surface area contributed by atoms with Gasteiger partial charge in [0.1, 0.15) is 0 Å². The third-order valence-corrected chi connectivity index (χ3v) is 3.34. The molecular weight excluding hydrogens is 309 g/mol. The van der Waals surface area contributed by atoms with Crippen LogP contribution in [0.1, 0.15) is 33.0 Å². The van der Waals surface area contributed by atoms with Crippen molar-refractivity contribution in [1.82, 2.24) is 20.0 Å². The van der Waals surface area contributed by atoms with Crippen molar-refractivity contribution in [2.24, 2.45) is 0 Å². The Balaban J connectivity index is 2.39. The van der Waals surface area contributed by atoms with E-state index in [1.165, 1.54) is 24.5 Å². The van der Waals surface area contributed by atoms with Gasteiger partial charge in [0, 0.05) is 11.1 Å². The van der Waals surface area contributed by atoms with Crippen LogP contribution in [-0.2, 0) is 17.5 Å². The first-order chi connectivity index (χ1) is 9.82. The van der Waals surface area contributed by atoms with Gasteiger partial charge in [0.2, 0.25) is 5.69 Å². The summed E-state index contributed by atoms with van der Waals surface area (Å²) in [4.78, 5) is 16.1. The van der Waals surface area contributed by atoms with Crippen molar-refractivity contribution in [3.05, 3.63) is 27.5 Å². The second-order valence-electron chi connectivity index (χ2n) is 4.01. The van der Waals surface area contributed by atoms with E-state index >= 15 is 0 Å². The maximum atomic E-state index is 13.1. The number of halogens is 3. The lowest BCUT2D eigenvalue weighted by Gasteiger charge is -2.09. The number of rotatable bonds is 4. The van der Waals surface area contributed by atoms with E-state index in [1.54, 1.807) is 6.92 Å². The number of nitrogens with zero attached hydrogens (tertiary/aromatic N) is 4. The standard InChI is InChI=1S/C11H11F3N4O2S/c1-3-20-10(19)8-9(11(12,13)14)18(17-16-8)5-7-4-15-6(2)21-7/h4H,3,5H2,1-2H3. The average molecular weight is 320 g/mol. The third-order valence-electron chi connectivity index (χ3n) is 2.45. The van der Waals surface area contributed by atoms with Gasteiger partial charge >= 0.3 is 12.1 Å². The first-order valence-electron chi connectivity index (χ1n) is 5.92. The number of esters is 1. The van der Waals surface area contributed by atoms with Crippen molar-refractivity contribution in [2.45, 2.75) is 26.6 Å². The van der Waals surface area contributed by atoms with Gasteiger partial charge in [-0.15, -0.1) is 16.4 Å². The summed E-state index contributed by atoms with van der Waals surface area (Å²) in [6.07, 6.45) is -3.29. The molecule has 0 fully saturated rings. The van der Waals surface area contributed by atoms with Crippen LogP contribution in [0.4, 0.5) is 13.2 Å². The van der Waals surface area contributed by atoms with E-state index in [0.29, 0.717) is 9.56 Å². The summed E-state index contributed by atoms with van der Waals surface area (Å²) in [5.41, 5.74) is -2.04. The molecule has 0 aliphatic carbocycles. The SMILES string of the molecule is CCOC(=O)c1nnn(Cc2cnc(C)s2)c1C(F)(F)F. The summed E-state index contributed by atoms with van der Waals surface area (Å²) in [7, 11) is 0. The van der Waals surface area contributed by atoms with E-state index in [-0.39, 0.29) is 13.2 Å². The number of ether oxygens (including phenoxy) is 1. The summed E-state index contributed by atoms with van der Waals surface area (Å²) in [6.45, 7) is 3.03. The third kappa shape index (κ3) is 3.38. The van der Waals surface area contributed by atoms with E-state index in [2.05, 4.69) is 20.0 Å². The maximum absolute atomic E-state index is 13.1. The Morgan fingerprint density at radius 1 is 1.48 bits per heavy atom. The van der Waals surface area contributed by atoms with E-state index < -0.39 is 23.5 Å². The molecule has 114 valence electrons.